The summed E-state index contributed by atoms with van der Waals surface area (Å²) in [6.07, 6.45) is 0. The Morgan fingerprint density at radius 3 is 2.40 bits per heavy atom. The Bertz CT molecular complexity index is 708. The van der Waals surface area contributed by atoms with Crippen molar-refractivity contribution in [1.29, 1.82) is 0 Å². The van der Waals surface area contributed by atoms with Crippen molar-refractivity contribution >= 4 is 11.7 Å². The SMILES string of the molecule is CC(C)C(CO)N(Cc1ccccc1)C(=O)Nc1ccc(F)cc1F. The second-order valence-electron chi connectivity index (χ2n) is 6.16. The molecule has 4 nitrogen and oxygen atoms in total. The molecule has 2 aromatic carbocycles. The summed E-state index contributed by atoms with van der Waals surface area (Å²) in [6, 6.07) is 11.3. The van der Waals surface area contributed by atoms with Crippen LogP contribution in [0.3, 0.4) is 0 Å². The van der Waals surface area contributed by atoms with Gasteiger partial charge in [-0.2, -0.15) is 0 Å². The van der Waals surface area contributed by atoms with Crippen LogP contribution in [0.25, 0.3) is 0 Å². The van der Waals surface area contributed by atoms with E-state index in [1.807, 2.05) is 44.2 Å². The average Bonchev–Trinajstić information content (AvgIpc) is 2.57. The van der Waals surface area contributed by atoms with Crippen LogP contribution in [0.1, 0.15) is 19.4 Å². The first-order valence-electron chi connectivity index (χ1n) is 8.09. The number of nitrogens with zero attached hydrogens (tertiary/aromatic N) is 1. The van der Waals surface area contributed by atoms with E-state index in [0.717, 1.165) is 11.6 Å². The van der Waals surface area contributed by atoms with Gasteiger partial charge in [0.1, 0.15) is 11.6 Å². The summed E-state index contributed by atoms with van der Waals surface area (Å²) in [7, 11) is 0. The van der Waals surface area contributed by atoms with E-state index < -0.39 is 23.7 Å². The summed E-state index contributed by atoms with van der Waals surface area (Å²) in [5, 5.41) is 12.2. The fraction of sp³-hybridized carbons (Fsp3) is 0.316. The number of benzene rings is 2. The quantitative estimate of drug-likeness (QED) is 0.828. The van der Waals surface area contributed by atoms with Crippen LogP contribution < -0.4 is 5.32 Å². The molecule has 0 saturated carbocycles. The number of rotatable bonds is 6. The molecule has 0 fully saturated rings. The lowest BCUT2D eigenvalue weighted by atomic mass is 10.0. The number of nitrogens with one attached hydrogen (secondary N) is 1. The van der Waals surface area contributed by atoms with Crippen molar-refractivity contribution in [2.24, 2.45) is 5.92 Å². The van der Waals surface area contributed by atoms with E-state index in [2.05, 4.69) is 5.32 Å². The van der Waals surface area contributed by atoms with Gasteiger partial charge in [-0.25, -0.2) is 13.6 Å². The highest BCUT2D eigenvalue weighted by Crippen LogP contribution is 2.19. The minimum absolute atomic E-state index is 0.00229. The molecule has 1 unspecified atom stereocenters. The minimum Gasteiger partial charge on any atom is -0.394 e. The van der Waals surface area contributed by atoms with Crippen LogP contribution in [0.5, 0.6) is 0 Å². The Labute approximate surface area is 146 Å². The second kappa shape index (κ2) is 8.58. The van der Waals surface area contributed by atoms with Crippen molar-refractivity contribution < 1.29 is 18.7 Å². The van der Waals surface area contributed by atoms with Crippen LogP contribution >= 0.6 is 0 Å². The summed E-state index contributed by atoms with van der Waals surface area (Å²) in [5.41, 5.74) is 0.779. The molecule has 0 bridgehead atoms. The Kier molecular flexibility index (Phi) is 6.47. The van der Waals surface area contributed by atoms with Gasteiger partial charge in [-0.05, 0) is 23.6 Å². The normalized spacial score (nSPS) is 12.1. The predicted molar refractivity (Wildman–Crippen MR) is 93.1 cm³/mol. The molecule has 25 heavy (non-hydrogen) atoms. The highest BCUT2D eigenvalue weighted by Gasteiger charge is 2.26. The smallest absolute Gasteiger partial charge is 0.322 e. The van der Waals surface area contributed by atoms with Crippen molar-refractivity contribution in [2.75, 3.05) is 11.9 Å². The molecule has 134 valence electrons. The maximum Gasteiger partial charge on any atom is 0.322 e. The molecule has 2 amide bonds. The highest BCUT2D eigenvalue weighted by molar-refractivity contribution is 5.89. The molecule has 2 aromatic rings. The number of urea groups is 1. The van der Waals surface area contributed by atoms with Gasteiger partial charge in [0.25, 0.3) is 0 Å². The van der Waals surface area contributed by atoms with Gasteiger partial charge in [-0.15, -0.1) is 0 Å². The van der Waals surface area contributed by atoms with Gasteiger partial charge in [0.05, 0.1) is 18.3 Å². The van der Waals surface area contributed by atoms with Crippen molar-refractivity contribution in [2.45, 2.75) is 26.4 Å². The molecule has 1 atom stereocenters. The maximum atomic E-state index is 13.8. The van der Waals surface area contributed by atoms with Crippen molar-refractivity contribution in [3.05, 3.63) is 65.7 Å². The molecular formula is C19H22F2N2O2. The van der Waals surface area contributed by atoms with Gasteiger partial charge >= 0.3 is 6.03 Å². The molecule has 0 aliphatic carbocycles. The minimum atomic E-state index is -0.849. The monoisotopic (exact) mass is 348 g/mol. The molecular weight excluding hydrogens is 326 g/mol. The number of aliphatic hydroxyl groups excluding tert-OH is 1. The van der Waals surface area contributed by atoms with Crippen molar-refractivity contribution in [1.82, 2.24) is 4.90 Å². The Morgan fingerprint density at radius 1 is 1.16 bits per heavy atom. The number of aliphatic hydroxyl groups is 1. The molecule has 6 heteroatoms. The van der Waals surface area contributed by atoms with E-state index in [9.17, 15) is 18.7 Å². The van der Waals surface area contributed by atoms with Crippen LogP contribution in [0.4, 0.5) is 19.3 Å². The van der Waals surface area contributed by atoms with Crippen LogP contribution in [0.15, 0.2) is 48.5 Å². The lowest BCUT2D eigenvalue weighted by Gasteiger charge is -2.33. The van der Waals surface area contributed by atoms with Crippen molar-refractivity contribution in [3.63, 3.8) is 0 Å². The number of halogens is 2. The zero-order valence-electron chi connectivity index (χ0n) is 14.2. The van der Waals surface area contributed by atoms with Gasteiger partial charge in [0.2, 0.25) is 0 Å². The Morgan fingerprint density at radius 2 is 1.84 bits per heavy atom. The molecule has 0 aromatic heterocycles. The number of hydrogen-bond donors (Lipinski definition) is 2. The molecule has 0 radical (unpaired) electrons. The van der Waals surface area contributed by atoms with Gasteiger partial charge in [0, 0.05) is 12.6 Å². The van der Waals surface area contributed by atoms with Gasteiger partial charge in [-0.1, -0.05) is 44.2 Å². The third-order valence-electron chi connectivity index (χ3n) is 3.99. The number of amides is 2. The molecule has 0 saturated heterocycles. The zero-order valence-corrected chi connectivity index (χ0v) is 14.2. The van der Waals surface area contributed by atoms with Crippen LogP contribution in [-0.2, 0) is 6.54 Å². The lowest BCUT2D eigenvalue weighted by molar-refractivity contribution is 0.110. The summed E-state index contributed by atoms with van der Waals surface area (Å²) in [6.45, 7) is 3.83. The first-order valence-corrected chi connectivity index (χ1v) is 8.09. The first-order chi connectivity index (χ1) is 11.9. The summed E-state index contributed by atoms with van der Waals surface area (Å²) in [5.74, 6) is -1.57. The number of carbonyl (C=O) groups excluding carboxylic acids is 1. The first kappa shape index (κ1) is 18.9. The molecule has 0 spiro atoms. The maximum absolute atomic E-state index is 13.8. The predicted octanol–water partition coefficient (Wildman–Crippen LogP) is 4.02. The summed E-state index contributed by atoms with van der Waals surface area (Å²) >= 11 is 0. The highest BCUT2D eigenvalue weighted by atomic mass is 19.1. The van der Waals surface area contributed by atoms with E-state index in [1.54, 1.807) is 0 Å². The zero-order chi connectivity index (χ0) is 18.4. The molecule has 0 heterocycles. The standard InChI is InChI=1S/C19H22F2N2O2/c1-13(2)18(12-24)23(11-14-6-4-3-5-7-14)19(25)22-17-9-8-15(20)10-16(17)21/h3-10,13,18,24H,11-12H2,1-2H3,(H,22,25). The Balaban J connectivity index is 2.25. The summed E-state index contributed by atoms with van der Waals surface area (Å²) < 4.78 is 26.8. The number of hydrogen-bond acceptors (Lipinski definition) is 2. The van der Waals surface area contributed by atoms with Crippen LogP contribution in [0.2, 0.25) is 0 Å². The van der Waals surface area contributed by atoms with Gasteiger partial charge in [0.15, 0.2) is 0 Å². The number of anilines is 1. The van der Waals surface area contributed by atoms with Crippen LogP contribution in [-0.4, -0.2) is 28.7 Å². The molecule has 0 aliphatic heterocycles. The fourth-order valence-electron chi connectivity index (χ4n) is 2.57. The van der Waals surface area contributed by atoms with E-state index in [0.29, 0.717) is 6.07 Å². The van der Waals surface area contributed by atoms with E-state index in [-0.39, 0.29) is 24.8 Å². The van der Waals surface area contributed by atoms with E-state index in [1.165, 1.54) is 11.0 Å². The lowest BCUT2D eigenvalue weighted by Crippen LogP contribution is -2.47. The van der Waals surface area contributed by atoms with E-state index >= 15 is 0 Å². The second-order valence-corrected chi connectivity index (χ2v) is 6.16. The Hall–Kier alpha value is -2.47. The molecule has 2 rings (SSSR count). The van der Waals surface area contributed by atoms with Gasteiger partial charge in [-0.3, -0.25) is 0 Å². The topological polar surface area (TPSA) is 52.6 Å². The largest absolute Gasteiger partial charge is 0.394 e. The molecule has 0 aliphatic rings. The number of carbonyl (C=O) groups is 1. The average molecular weight is 348 g/mol. The molecule has 2 N–H and O–H groups in total. The van der Waals surface area contributed by atoms with Crippen molar-refractivity contribution in [3.8, 4) is 0 Å². The fourth-order valence-corrected chi connectivity index (χ4v) is 2.57. The van der Waals surface area contributed by atoms with Crippen LogP contribution in [0, 0.1) is 17.6 Å². The third kappa shape index (κ3) is 5.00. The van der Waals surface area contributed by atoms with Gasteiger partial charge < -0.3 is 15.3 Å². The third-order valence-corrected chi connectivity index (χ3v) is 3.99. The summed E-state index contributed by atoms with van der Waals surface area (Å²) in [4.78, 5) is 14.2. The van der Waals surface area contributed by atoms with E-state index in [4.69, 9.17) is 0 Å².